The molecule has 130 valence electrons. The van der Waals surface area contributed by atoms with Crippen molar-refractivity contribution < 1.29 is 13.2 Å². The highest BCUT2D eigenvalue weighted by atomic mass is 35.5. The second-order valence-electron chi connectivity index (χ2n) is 5.36. The van der Waals surface area contributed by atoms with E-state index in [-0.39, 0.29) is 0 Å². The molecular weight excluding hydrogens is 374 g/mol. The standard InChI is InChI=1S/C17H12Cl2F3N3/c18-13-5-14(19)7-15(6-13)23-8-11-9-24-25-16(11)10-1-3-12(4-2-10)17(20,21)22/h1-7,9,23H,8H2,(H,24,25). The van der Waals surface area contributed by atoms with E-state index in [0.717, 1.165) is 23.4 Å². The minimum Gasteiger partial charge on any atom is -0.381 e. The van der Waals surface area contributed by atoms with Crippen molar-refractivity contribution in [1.29, 1.82) is 0 Å². The van der Waals surface area contributed by atoms with Gasteiger partial charge < -0.3 is 5.32 Å². The second kappa shape index (κ2) is 6.98. The van der Waals surface area contributed by atoms with Crippen LogP contribution in [0.2, 0.25) is 10.0 Å². The largest absolute Gasteiger partial charge is 0.416 e. The molecule has 3 nitrogen and oxygen atoms in total. The van der Waals surface area contributed by atoms with Crippen molar-refractivity contribution in [3.63, 3.8) is 0 Å². The number of anilines is 1. The van der Waals surface area contributed by atoms with Crippen LogP contribution in [0.5, 0.6) is 0 Å². The summed E-state index contributed by atoms with van der Waals surface area (Å²) in [5, 5.41) is 11.0. The molecule has 8 heteroatoms. The summed E-state index contributed by atoms with van der Waals surface area (Å²) in [5.74, 6) is 0. The Morgan fingerprint density at radius 1 is 1.00 bits per heavy atom. The second-order valence-corrected chi connectivity index (χ2v) is 6.23. The van der Waals surface area contributed by atoms with Crippen LogP contribution in [0.25, 0.3) is 11.3 Å². The van der Waals surface area contributed by atoms with Gasteiger partial charge in [-0.25, -0.2) is 0 Å². The van der Waals surface area contributed by atoms with Crippen LogP contribution < -0.4 is 5.32 Å². The zero-order valence-corrected chi connectivity index (χ0v) is 14.2. The Morgan fingerprint density at radius 2 is 1.64 bits per heavy atom. The van der Waals surface area contributed by atoms with Gasteiger partial charge in [0.25, 0.3) is 0 Å². The third-order valence-corrected chi connectivity index (χ3v) is 4.00. The fraction of sp³-hybridized carbons (Fsp3) is 0.118. The Kier molecular flexibility index (Phi) is 4.92. The van der Waals surface area contributed by atoms with Crippen LogP contribution in [-0.4, -0.2) is 10.2 Å². The van der Waals surface area contributed by atoms with Crippen molar-refractivity contribution in [3.8, 4) is 11.3 Å². The molecular formula is C17H12Cl2F3N3. The number of aromatic nitrogens is 2. The number of benzene rings is 2. The average Bonchev–Trinajstić information content (AvgIpc) is 3.00. The molecule has 0 aliphatic rings. The molecule has 3 aromatic rings. The van der Waals surface area contributed by atoms with E-state index >= 15 is 0 Å². The van der Waals surface area contributed by atoms with Crippen LogP contribution in [0.1, 0.15) is 11.1 Å². The summed E-state index contributed by atoms with van der Waals surface area (Å²) < 4.78 is 38.0. The van der Waals surface area contributed by atoms with Gasteiger partial charge in [-0.15, -0.1) is 0 Å². The fourth-order valence-corrected chi connectivity index (χ4v) is 2.90. The molecule has 0 aliphatic carbocycles. The van der Waals surface area contributed by atoms with Gasteiger partial charge in [0.2, 0.25) is 0 Å². The summed E-state index contributed by atoms with van der Waals surface area (Å²) >= 11 is 11.9. The van der Waals surface area contributed by atoms with Crippen LogP contribution in [0.3, 0.4) is 0 Å². The highest BCUT2D eigenvalue weighted by molar-refractivity contribution is 6.35. The first kappa shape index (κ1) is 17.6. The molecule has 0 saturated carbocycles. The average molecular weight is 386 g/mol. The SMILES string of the molecule is FC(F)(F)c1ccc(-c2[nH]ncc2CNc2cc(Cl)cc(Cl)c2)cc1. The van der Waals surface area contributed by atoms with Gasteiger partial charge in [-0.3, -0.25) is 5.10 Å². The maximum Gasteiger partial charge on any atom is 0.416 e. The fourth-order valence-electron chi connectivity index (χ4n) is 2.37. The zero-order chi connectivity index (χ0) is 18.0. The van der Waals surface area contributed by atoms with E-state index < -0.39 is 11.7 Å². The van der Waals surface area contributed by atoms with Gasteiger partial charge >= 0.3 is 6.18 Å². The topological polar surface area (TPSA) is 40.7 Å². The van der Waals surface area contributed by atoms with Gasteiger partial charge in [0.15, 0.2) is 0 Å². The van der Waals surface area contributed by atoms with Crippen LogP contribution >= 0.6 is 23.2 Å². The van der Waals surface area contributed by atoms with E-state index in [4.69, 9.17) is 23.2 Å². The molecule has 0 amide bonds. The first-order valence-electron chi connectivity index (χ1n) is 7.23. The summed E-state index contributed by atoms with van der Waals surface area (Å²) in [6.45, 7) is 0.406. The van der Waals surface area contributed by atoms with E-state index in [1.807, 2.05) is 0 Å². The lowest BCUT2D eigenvalue weighted by atomic mass is 10.1. The molecule has 0 saturated heterocycles. The molecule has 0 atom stereocenters. The van der Waals surface area contributed by atoms with E-state index in [1.165, 1.54) is 12.1 Å². The van der Waals surface area contributed by atoms with Crippen LogP contribution in [0, 0.1) is 0 Å². The number of hydrogen-bond acceptors (Lipinski definition) is 2. The van der Waals surface area contributed by atoms with E-state index in [0.29, 0.717) is 27.8 Å². The Bertz CT molecular complexity index is 853. The van der Waals surface area contributed by atoms with Crippen molar-refractivity contribution in [2.24, 2.45) is 0 Å². The highest BCUT2D eigenvalue weighted by Crippen LogP contribution is 2.31. The molecule has 0 radical (unpaired) electrons. The van der Waals surface area contributed by atoms with Crippen molar-refractivity contribution in [3.05, 3.63) is 69.8 Å². The minimum atomic E-state index is -4.36. The Labute approximate surface area is 151 Å². The lowest BCUT2D eigenvalue weighted by Gasteiger charge is -2.10. The zero-order valence-electron chi connectivity index (χ0n) is 12.7. The molecule has 1 aromatic heterocycles. The van der Waals surface area contributed by atoms with Gasteiger partial charge in [-0.05, 0) is 35.9 Å². The van der Waals surface area contributed by atoms with E-state index in [9.17, 15) is 13.2 Å². The molecule has 3 rings (SSSR count). The highest BCUT2D eigenvalue weighted by Gasteiger charge is 2.30. The van der Waals surface area contributed by atoms with Crippen LogP contribution in [0.15, 0.2) is 48.7 Å². The van der Waals surface area contributed by atoms with Gasteiger partial charge in [0.05, 0.1) is 17.5 Å². The third-order valence-electron chi connectivity index (χ3n) is 3.56. The number of alkyl halides is 3. The summed E-state index contributed by atoms with van der Waals surface area (Å²) in [7, 11) is 0. The van der Waals surface area contributed by atoms with Gasteiger partial charge in [0.1, 0.15) is 0 Å². The number of nitrogens with zero attached hydrogens (tertiary/aromatic N) is 1. The Hall–Kier alpha value is -2.18. The van der Waals surface area contributed by atoms with Gasteiger partial charge in [0, 0.05) is 27.8 Å². The molecule has 1 heterocycles. The predicted molar refractivity (Wildman–Crippen MR) is 92.8 cm³/mol. The lowest BCUT2D eigenvalue weighted by molar-refractivity contribution is -0.137. The molecule has 2 N–H and O–H groups in total. The molecule has 0 aliphatic heterocycles. The molecule has 0 spiro atoms. The number of aromatic amines is 1. The summed E-state index contributed by atoms with van der Waals surface area (Å²) in [4.78, 5) is 0. The molecule has 2 aromatic carbocycles. The number of hydrogen-bond donors (Lipinski definition) is 2. The monoisotopic (exact) mass is 385 g/mol. The predicted octanol–water partition coefficient (Wildman–Crippen LogP) is 6.01. The number of nitrogens with one attached hydrogen (secondary N) is 2. The smallest absolute Gasteiger partial charge is 0.381 e. The van der Waals surface area contributed by atoms with Crippen molar-refractivity contribution >= 4 is 28.9 Å². The first-order chi connectivity index (χ1) is 11.8. The lowest BCUT2D eigenvalue weighted by Crippen LogP contribution is -2.04. The summed E-state index contributed by atoms with van der Waals surface area (Å²) in [5.41, 5.74) is 2.11. The Balaban J connectivity index is 1.78. The summed E-state index contributed by atoms with van der Waals surface area (Å²) in [6, 6.07) is 10.00. The van der Waals surface area contributed by atoms with Crippen molar-refractivity contribution in [1.82, 2.24) is 10.2 Å². The number of rotatable bonds is 4. The van der Waals surface area contributed by atoms with Gasteiger partial charge in [-0.1, -0.05) is 35.3 Å². The van der Waals surface area contributed by atoms with E-state index in [2.05, 4.69) is 15.5 Å². The first-order valence-corrected chi connectivity index (χ1v) is 7.98. The normalized spacial score (nSPS) is 11.6. The van der Waals surface area contributed by atoms with Crippen molar-refractivity contribution in [2.45, 2.75) is 12.7 Å². The Morgan fingerprint density at radius 3 is 2.24 bits per heavy atom. The third kappa shape index (κ3) is 4.27. The minimum absolute atomic E-state index is 0.406. The molecule has 0 bridgehead atoms. The van der Waals surface area contributed by atoms with Crippen LogP contribution in [-0.2, 0) is 12.7 Å². The van der Waals surface area contributed by atoms with Crippen molar-refractivity contribution in [2.75, 3.05) is 5.32 Å². The van der Waals surface area contributed by atoms with Gasteiger partial charge in [-0.2, -0.15) is 18.3 Å². The number of H-pyrrole nitrogens is 1. The maximum atomic E-state index is 12.7. The maximum absolute atomic E-state index is 12.7. The number of halogens is 5. The molecule has 0 fully saturated rings. The quantitative estimate of drug-likeness (QED) is 0.576. The molecule has 0 unspecified atom stereocenters. The summed E-state index contributed by atoms with van der Waals surface area (Å²) in [6.07, 6.45) is -2.74. The van der Waals surface area contributed by atoms with E-state index in [1.54, 1.807) is 24.4 Å². The molecule has 25 heavy (non-hydrogen) atoms. The van der Waals surface area contributed by atoms with Crippen LogP contribution in [0.4, 0.5) is 18.9 Å².